The highest BCUT2D eigenvalue weighted by molar-refractivity contribution is 9.10. The molecule has 1 aromatic rings. The van der Waals surface area contributed by atoms with Crippen molar-refractivity contribution in [2.24, 2.45) is 0 Å². The Morgan fingerprint density at radius 2 is 2.16 bits per heavy atom. The molecule has 2 unspecified atom stereocenters. The van der Waals surface area contributed by atoms with Crippen molar-refractivity contribution in [3.05, 3.63) is 34.3 Å². The van der Waals surface area contributed by atoms with Gasteiger partial charge in [0.2, 0.25) is 0 Å². The highest BCUT2D eigenvalue weighted by Crippen LogP contribution is 2.20. The minimum absolute atomic E-state index is 0.545. The van der Waals surface area contributed by atoms with Crippen LogP contribution in [0.25, 0.3) is 0 Å². The first-order valence-corrected chi connectivity index (χ1v) is 8.91. The van der Waals surface area contributed by atoms with Gasteiger partial charge < -0.3 is 10.2 Å². The van der Waals surface area contributed by atoms with Crippen LogP contribution in [0.4, 0.5) is 0 Å². The molecule has 2 rings (SSSR count). The monoisotopic (exact) mass is 342 g/mol. The maximum Gasteiger partial charge on any atom is 0.0340 e. The van der Waals surface area contributed by atoms with E-state index in [1.54, 1.807) is 0 Å². The summed E-state index contributed by atoms with van der Waals surface area (Å²) in [5.74, 6) is 2.51. The number of halogens is 1. The molecule has 1 aromatic carbocycles. The molecule has 2 atom stereocenters. The molecular weight excluding hydrogens is 320 g/mol. The minimum Gasteiger partial charge on any atom is -0.312 e. The van der Waals surface area contributed by atoms with E-state index in [0.29, 0.717) is 12.1 Å². The van der Waals surface area contributed by atoms with Crippen LogP contribution in [0, 0.1) is 0 Å². The van der Waals surface area contributed by atoms with Gasteiger partial charge in [-0.1, -0.05) is 35.0 Å². The second kappa shape index (κ2) is 7.67. The van der Waals surface area contributed by atoms with Gasteiger partial charge in [0.05, 0.1) is 0 Å². The zero-order valence-electron chi connectivity index (χ0n) is 11.7. The SMILES string of the molecule is CCNC(Cc1ccc(Br)cc1)C1CSCCN1C. The summed E-state index contributed by atoms with van der Waals surface area (Å²) in [6.45, 7) is 4.44. The number of nitrogens with zero attached hydrogens (tertiary/aromatic N) is 1. The Hall–Kier alpha value is -0.0300. The molecule has 4 heteroatoms. The molecule has 19 heavy (non-hydrogen) atoms. The summed E-state index contributed by atoms with van der Waals surface area (Å²) < 4.78 is 1.15. The van der Waals surface area contributed by atoms with E-state index in [1.165, 1.54) is 23.6 Å². The number of thioether (sulfide) groups is 1. The summed E-state index contributed by atoms with van der Waals surface area (Å²) in [4.78, 5) is 2.52. The molecule has 0 aromatic heterocycles. The molecule has 1 aliphatic rings. The first-order valence-electron chi connectivity index (χ1n) is 6.96. The predicted molar refractivity (Wildman–Crippen MR) is 89.1 cm³/mol. The van der Waals surface area contributed by atoms with E-state index in [0.717, 1.165) is 17.4 Å². The van der Waals surface area contributed by atoms with E-state index >= 15 is 0 Å². The lowest BCUT2D eigenvalue weighted by Crippen LogP contribution is -2.53. The van der Waals surface area contributed by atoms with Gasteiger partial charge in [0, 0.05) is 34.6 Å². The molecule has 1 fully saturated rings. The summed E-state index contributed by atoms with van der Waals surface area (Å²) in [6.07, 6.45) is 1.11. The molecule has 2 nitrogen and oxygen atoms in total. The summed E-state index contributed by atoms with van der Waals surface area (Å²) in [6, 6.07) is 9.91. The van der Waals surface area contributed by atoms with Gasteiger partial charge in [0.15, 0.2) is 0 Å². The Morgan fingerprint density at radius 1 is 1.42 bits per heavy atom. The fraction of sp³-hybridized carbons (Fsp3) is 0.600. The normalized spacial score (nSPS) is 22.4. The number of hydrogen-bond donors (Lipinski definition) is 1. The van der Waals surface area contributed by atoms with Gasteiger partial charge in [-0.15, -0.1) is 0 Å². The minimum atomic E-state index is 0.545. The fourth-order valence-electron chi connectivity index (χ4n) is 2.61. The van der Waals surface area contributed by atoms with Gasteiger partial charge in [-0.2, -0.15) is 11.8 Å². The summed E-state index contributed by atoms with van der Waals surface area (Å²) in [7, 11) is 2.26. The average molecular weight is 343 g/mol. The Balaban J connectivity index is 2.04. The Kier molecular flexibility index (Phi) is 6.20. The largest absolute Gasteiger partial charge is 0.312 e. The van der Waals surface area contributed by atoms with Crippen LogP contribution in [-0.2, 0) is 6.42 Å². The summed E-state index contributed by atoms with van der Waals surface area (Å²) in [5.41, 5.74) is 1.41. The van der Waals surface area contributed by atoms with Crippen molar-refractivity contribution in [3.63, 3.8) is 0 Å². The molecule has 0 spiro atoms. The molecule has 0 bridgehead atoms. The van der Waals surface area contributed by atoms with E-state index in [2.05, 4.69) is 76.1 Å². The first kappa shape index (κ1) is 15.4. The molecule has 1 saturated heterocycles. The quantitative estimate of drug-likeness (QED) is 0.885. The number of likely N-dealkylation sites (N-methyl/N-ethyl adjacent to an activating group) is 2. The number of rotatable bonds is 5. The van der Waals surface area contributed by atoms with Crippen LogP contribution >= 0.6 is 27.7 Å². The average Bonchev–Trinajstić information content (AvgIpc) is 2.41. The first-order chi connectivity index (χ1) is 9.20. The van der Waals surface area contributed by atoms with Crippen molar-refractivity contribution in [1.29, 1.82) is 0 Å². The molecule has 1 heterocycles. The number of hydrogen-bond acceptors (Lipinski definition) is 3. The molecule has 1 N–H and O–H groups in total. The molecule has 1 aliphatic heterocycles. The van der Waals surface area contributed by atoms with Gasteiger partial charge in [-0.05, 0) is 37.7 Å². The molecule has 0 saturated carbocycles. The Labute approximate surface area is 129 Å². The highest BCUT2D eigenvalue weighted by Gasteiger charge is 2.27. The van der Waals surface area contributed by atoms with Crippen LogP contribution in [0.5, 0.6) is 0 Å². The van der Waals surface area contributed by atoms with Crippen LogP contribution in [0.1, 0.15) is 12.5 Å². The van der Waals surface area contributed by atoms with E-state index in [4.69, 9.17) is 0 Å². The number of benzene rings is 1. The maximum atomic E-state index is 3.68. The highest BCUT2D eigenvalue weighted by atomic mass is 79.9. The van der Waals surface area contributed by atoms with Crippen molar-refractivity contribution in [1.82, 2.24) is 10.2 Å². The zero-order chi connectivity index (χ0) is 13.7. The Morgan fingerprint density at radius 3 is 2.79 bits per heavy atom. The van der Waals surface area contributed by atoms with Crippen molar-refractivity contribution < 1.29 is 0 Å². The fourth-order valence-corrected chi connectivity index (χ4v) is 4.19. The van der Waals surface area contributed by atoms with Gasteiger partial charge in [-0.25, -0.2) is 0 Å². The van der Waals surface area contributed by atoms with Gasteiger partial charge in [0.1, 0.15) is 0 Å². The molecule has 0 radical (unpaired) electrons. The van der Waals surface area contributed by atoms with Crippen LogP contribution in [0.2, 0.25) is 0 Å². The molecule has 0 amide bonds. The number of nitrogens with one attached hydrogen (secondary N) is 1. The predicted octanol–water partition coefficient (Wildman–Crippen LogP) is 3.02. The molecule has 106 valence electrons. The van der Waals surface area contributed by atoms with E-state index in [9.17, 15) is 0 Å². The second-order valence-corrected chi connectivity index (χ2v) is 7.18. The lowest BCUT2D eigenvalue weighted by atomic mass is 9.99. The third-order valence-corrected chi connectivity index (χ3v) is 5.32. The summed E-state index contributed by atoms with van der Waals surface area (Å²) in [5, 5.41) is 3.68. The van der Waals surface area contributed by atoms with Crippen molar-refractivity contribution in [2.45, 2.75) is 25.4 Å². The van der Waals surface area contributed by atoms with Crippen LogP contribution in [-0.4, -0.2) is 48.6 Å². The van der Waals surface area contributed by atoms with Crippen LogP contribution in [0.3, 0.4) is 0 Å². The van der Waals surface area contributed by atoms with E-state index in [-0.39, 0.29) is 0 Å². The lowest BCUT2D eigenvalue weighted by Gasteiger charge is -2.38. The van der Waals surface area contributed by atoms with Crippen molar-refractivity contribution in [3.8, 4) is 0 Å². The third-order valence-electron chi connectivity index (χ3n) is 3.74. The smallest absolute Gasteiger partial charge is 0.0340 e. The topological polar surface area (TPSA) is 15.3 Å². The van der Waals surface area contributed by atoms with Crippen molar-refractivity contribution >= 4 is 27.7 Å². The Bertz CT molecular complexity index is 382. The van der Waals surface area contributed by atoms with Gasteiger partial charge in [0.25, 0.3) is 0 Å². The maximum absolute atomic E-state index is 3.68. The van der Waals surface area contributed by atoms with Crippen LogP contribution < -0.4 is 5.32 Å². The van der Waals surface area contributed by atoms with E-state index < -0.39 is 0 Å². The van der Waals surface area contributed by atoms with Gasteiger partial charge >= 0.3 is 0 Å². The second-order valence-electron chi connectivity index (χ2n) is 5.12. The van der Waals surface area contributed by atoms with Crippen LogP contribution in [0.15, 0.2) is 28.7 Å². The van der Waals surface area contributed by atoms with Gasteiger partial charge in [-0.3, -0.25) is 0 Å². The molecular formula is C15H23BrN2S. The standard InChI is InChI=1S/C15H23BrN2S/c1-3-17-14(15-11-19-9-8-18(15)2)10-12-4-6-13(16)7-5-12/h4-7,14-15,17H,3,8-11H2,1-2H3. The summed E-state index contributed by atoms with van der Waals surface area (Å²) >= 11 is 5.59. The lowest BCUT2D eigenvalue weighted by molar-refractivity contribution is 0.215. The van der Waals surface area contributed by atoms with Crippen molar-refractivity contribution in [2.75, 3.05) is 31.6 Å². The zero-order valence-corrected chi connectivity index (χ0v) is 14.1. The van der Waals surface area contributed by atoms with E-state index in [1.807, 2.05) is 0 Å². The third kappa shape index (κ3) is 4.48. The molecule has 0 aliphatic carbocycles.